The molecule has 22 heavy (non-hydrogen) atoms. The third kappa shape index (κ3) is 4.33. The van der Waals surface area contributed by atoms with Gasteiger partial charge in [0.05, 0.1) is 5.92 Å². The van der Waals surface area contributed by atoms with Crippen molar-refractivity contribution in [2.45, 2.75) is 45.4 Å². The fourth-order valence-corrected chi connectivity index (χ4v) is 2.85. The zero-order valence-corrected chi connectivity index (χ0v) is 13.4. The van der Waals surface area contributed by atoms with Gasteiger partial charge in [0.1, 0.15) is 0 Å². The Bertz CT molecular complexity index is 514. The maximum Gasteiger partial charge on any atom is 0.306 e. The van der Waals surface area contributed by atoms with Gasteiger partial charge in [-0.15, -0.1) is 0 Å². The van der Waals surface area contributed by atoms with Gasteiger partial charge < -0.3 is 10.0 Å². The van der Waals surface area contributed by atoms with Crippen LogP contribution in [0.5, 0.6) is 0 Å². The van der Waals surface area contributed by atoms with Crippen LogP contribution >= 0.6 is 0 Å². The summed E-state index contributed by atoms with van der Waals surface area (Å²) in [5.41, 5.74) is 2.49. The fourth-order valence-electron chi connectivity index (χ4n) is 2.85. The van der Waals surface area contributed by atoms with E-state index in [1.165, 1.54) is 11.1 Å². The summed E-state index contributed by atoms with van der Waals surface area (Å²) in [5, 5.41) is 8.97. The molecule has 0 aromatic heterocycles. The molecule has 1 aromatic carbocycles. The number of hydrogen-bond acceptors (Lipinski definition) is 2. The van der Waals surface area contributed by atoms with E-state index in [0.717, 1.165) is 6.42 Å². The highest BCUT2D eigenvalue weighted by Crippen LogP contribution is 2.19. The quantitative estimate of drug-likeness (QED) is 0.909. The van der Waals surface area contributed by atoms with E-state index in [-0.39, 0.29) is 11.8 Å². The minimum atomic E-state index is -0.739. The minimum absolute atomic E-state index is 0.136. The van der Waals surface area contributed by atoms with Crippen LogP contribution in [0.2, 0.25) is 0 Å². The van der Waals surface area contributed by atoms with E-state index in [0.29, 0.717) is 38.3 Å². The van der Waals surface area contributed by atoms with Gasteiger partial charge in [0.2, 0.25) is 5.91 Å². The van der Waals surface area contributed by atoms with Gasteiger partial charge in [-0.05, 0) is 36.3 Å². The molecule has 1 aromatic rings. The van der Waals surface area contributed by atoms with Gasteiger partial charge in [-0.3, -0.25) is 9.59 Å². The Morgan fingerprint density at radius 3 is 2.27 bits per heavy atom. The number of aliphatic carboxylic acids is 1. The number of carboxylic acid groups (broad SMARTS) is 1. The summed E-state index contributed by atoms with van der Waals surface area (Å²) in [7, 11) is 0. The molecule has 1 fully saturated rings. The molecule has 1 heterocycles. The van der Waals surface area contributed by atoms with Crippen molar-refractivity contribution in [1.82, 2.24) is 4.90 Å². The van der Waals surface area contributed by atoms with Crippen molar-refractivity contribution >= 4 is 11.9 Å². The summed E-state index contributed by atoms with van der Waals surface area (Å²) in [5.74, 6) is -0.368. The number of carbonyl (C=O) groups excluding carboxylic acids is 1. The lowest BCUT2D eigenvalue weighted by atomic mass is 9.96. The molecule has 4 heteroatoms. The molecule has 1 saturated heterocycles. The first kappa shape index (κ1) is 16.5. The lowest BCUT2D eigenvalue weighted by Gasteiger charge is -2.30. The Morgan fingerprint density at radius 2 is 1.77 bits per heavy atom. The van der Waals surface area contributed by atoms with Crippen LogP contribution in [-0.4, -0.2) is 35.0 Å². The van der Waals surface area contributed by atoms with E-state index >= 15 is 0 Å². The third-order valence-corrected chi connectivity index (χ3v) is 4.47. The van der Waals surface area contributed by atoms with Gasteiger partial charge in [0.15, 0.2) is 0 Å². The predicted octanol–water partition coefficient (Wildman–Crippen LogP) is 3.07. The van der Waals surface area contributed by atoms with E-state index in [9.17, 15) is 9.59 Å². The molecule has 0 aliphatic carbocycles. The molecule has 4 nitrogen and oxygen atoms in total. The highest BCUT2D eigenvalue weighted by Gasteiger charge is 2.26. The van der Waals surface area contributed by atoms with Crippen LogP contribution in [0, 0.1) is 5.92 Å². The summed E-state index contributed by atoms with van der Waals surface area (Å²) in [6.07, 6.45) is 2.39. The van der Waals surface area contributed by atoms with Crippen molar-refractivity contribution in [2.24, 2.45) is 5.92 Å². The predicted molar refractivity (Wildman–Crippen MR) is 85.8 cm³/mol. The lowest BCUT2D eigenvalue weighted by molar-refractivity contribution is -0.145. The Hall–Kier alpha value is -1.84. The first-order valence-corrected chi connectivity index (χ1v) is 8.06. The molecular formula is C18H25NO3. The van der Waals surface area contributed by atoms with Crippen LogP contribution in [0.4, 0.5) is 0 Å². The number of amides is 1. The Labute approximate surface area is 132 Å². The second-order valence-corrected chi connectivity index (χ2v) is 6.39. The first-order chi connectivity index (χ1) is 10.5. The average Bonchev–Trinajstić information content (AvgIpc) is 2.53. The van der Waals surface area contributed by atoms with Crippen LogP contribution in [0.1, 0.15) is 50.2 Å². The first-order valence-electron chi connectivity index (χ1n) is 8.06. The second-order valence-electron chi connectivity index (χ2n) is 6.39. The summed E-state index contributed by atoms with van der Waals surface area (Å²) in [6.45, 7) is 5.47. The van der Waals surface area contributed by atoms with E-state index < -0.39 is 5.97 Å². The van der Waals surface area contributed by atoms with Crippen molar-refractivity contribution in [3.8, 4) is 0 Å². The number of carbonyl (C=O) groups is 2. The second kappa shape index (κ2) is 7.43. The normalized spacial score (nSPS) is 16.0. The van der Waals surface area contributed by atoms with E-state index in [1.54, 1.807) is 0 Å². The monoisotopic (exact) mass is 303 g/mol. The largest absolute Gasteiger partial charge is 0.481 e. The highest BCUT2D eigenvalue weighted by molar-refractivity contribution is 5.77. The average molecular weight is 303 g/mol. The van der Waals surface area contributed by atoms with Gasteiger partial charge in [0.25, 0.3) is 0 Å². The summed E-state index contributed by atoms with van der Waals surface area (Å²) < 4.78 is 0. The van der Waals surface area contributed by atoms with Crippen LogP contribution in [0.15, 0.2) is 24.3 Å². The summed E-state index contributed by atoms with van der Waals surface area (Å²) in [4.78, 5) is 24.9. The molecule has 120 valence electrons. The van der Waals surface area contributed by atoms with Crippen molar-refractivity contribution in [3.05, 3.63) is 35.4 Å². The molecule has 0 spiro atoms. The smallest absolute Gasteiger partial charge is 0.306 e. The molecule has 2 rings (SSSR count). The molecule has 1 amide bonds. The van der Waals surface area contributed by atoms with E-state index in [2.05, 4.69) is 38.1 Å². The molecular weight excluding hydrogens is 278 g/mol. The number of carboxylic acids is 1. The lowest BCUT2D eigenvalue weighted by Crippen LogP contribution is -2.40. The van der Waals surface area contributed by atoms with Crippen LogP contribution in [0.25, 0.3) is 0 Å². The van der Waals surface area contributed by atoms with Gasteiger partial charge in [-0.25, -0.2) is 0 Å². The third-order valence-electron chi connectivity index (χ3n) is 4.47. The molecule has 0 bridgehead atoms. The molecule has 1 N–H and O–H groups in total. The Balaban J connectivity index is 1.79. The Morgan fingerprint density at radius 1 is 1.18 bits per heavy atom. The van der Waals surface area contributed by atoms with Gasteiger partial charge in [0, 0.05) is 19.5 Å². The number of aryl methyl sites for hydroxylation is 1. The Kier molecular flexibility index (Phi) is 5.58. The maximum atomic E-state index is 12.2. The van der Waals surface area contributed by atoms with Gasteiger partial charge >= 0.3 is 5.97 Å². The number of piperidine rings is 1. The molecule has 0 radical (unpaired) electrons. The van der Waals surface area contributed by atoms with Crippen LogP contribution < -0.4 is 0 Å². The topological polar surface area (TPSA) is 57.6 Å². The number of nitrogens with zero attached hydrogens (tertiary/aromatic N) is 1. The standard InChI is InChI=1S/C18H25NO3/c1-13(2)15-6-3-14(4-7-15)5-8-17(20)19-11-9-16(10-12-19)18(21)22/h3-4,6-7,13,16H,5,8-12H2,1-2H3,(H,21,22). The van der Waals surface area contributed by atoms with Crippen molar-refractivity contribution in [2.75, 3.05) is 13.1 Å². The SMILES string of the molecule is CC(C)c1ccc(CCC(=O)N2CCC(C(=O)O)CC2)cc1. The molecule has 0 saturated carbocycles. The molecule has 0 atom stereocenters. The van der Waals surface area contributed by atoms with Crippen molar-refractivity contribution < 1.29 is 14.7 Å². The van der Waals surface area contributed by atoms with Crippen molar-refractivity contribution in [1.29, 1.82) is 0 Å². The van der Waals surface area contributed by atoms with E-state index in [4.69, 9.17) is 5.11 Å². The highest BCUT2D eigenvalue weighted by atomic mass is 16.4. The summed E-state index contributed by atoms with van der Waals surface area (Å²) in [6, 6.07) is 8.45. The fraction of sp³-hybridized carbons (Fsp3) is 0.556. The number of rotatable bonds is 5. The number of likely N-dealkylation sites (tertiary alicyclic amines) is 1. The summed E-state index contributed by atoms with van der Waals surface area (Å²) >= 11 is 0. The van der Waals surface area contributed by atoms with Crippen molar-refractivity contribution in [3.63, 3.8) is 0 Å². The molecule has 0 unspecified atom stereocenters. The zero-order valence-electron chi connectivity index (χ0n) is 13.4. The number of hydrogen-bond donors (Lipinski definition) is 1. The molecule has 1 aliphatic heterocycles. The maximum absolute atomic E-state index is 12.2. The minimum Gasteiger partial charge on any atom is -0.481 e. The van der Waals surface area contributed by atoms with Gasteiger partial charge in [-0.2, -0.15) is 0 Å². The van der Waals surface area contributed by atoms with Crippen LogP contribution in [-0.2, 0) is 16.0 Å². The number of benzene rings is 1. The van der Waals surface area contributed by atoms with Gasteiger partial charge in [-0.1, -0.05) is 38.1 Å². The van der Waals surface area contributed by atoms with E-state index in [1.807, 2.05) is 4.90 Å². The van der Waals surface area contributed by atoms with Crippen LogP contribution in [0.3, 0.4) is 0 Å². The molecule has 1 aliphatic rings. The zero-order chi connectivity index (χ0) is 16.1.